The van der Waals surface area contributed by atoms with Gasteiger partial charge in [0.15, 0.2) is 5.96 Å². The van der Waals surface area contributed by atoms with Crippen molar-refractivity contribution in [1.82, 2.24) is 10.6 Å². The lowest BCUT2D eigenvalue weighted by Crippen LogP contribution is -2.39. The molecule has 160 valence electrons. The van der Waals surface area contributed by atoms with Crippen molar-refractivity contribution in [3.63, 3.8) is 0 Å². The Hall–Kier alpha value is -1.39. The fourth-order valence-corrected chi connectivity index (χ4v) is 2.31. The van der Waals surface area contributed by atoms with Crippen molar-refractivity contribution in [3.8, 4) is 0 Å². The number of nitrogens with zero attached hydrogens (tertiary/aromatic N) is 1. The van der Waals surface area contributed by atoms with E-state index < -0.39 is 0 Å². The molecular weight excluding hydrogens is 471 g/mol. The number of carbonyl (C=O) groups excluding carboxylic acids is 1. The Morgan fingerprint density at radius 1 is 1.00 bits per heavy atom. The molecule has 7 nitrogen and oxygen atoms in total. The van der Waals surface area contributed by atoms with Gasteiger partial charge in [-0.15, -0.1) is 24.0 Å². The summed E-state index contributed by atoms with van der Waals surface area (Å²) in [5.74, 6) is 0.694. The second-order valence-electron chi connectivity index (χ2n) is 6.13. The fourth-order valence-electron chi connectivity index (χ4n) is 2.31. The molecule has 0 saturated carbocycles. The van der Waals surface area contributed by atoms with Gasteiger partial charge in [-0.25, -0.2) is 0 Å². The number of aliphatic imine (C=N–C) groups is 1. The molecule has 3 N–H and O–H groups in total. The van der Waals surface area contributed by atoms with Crippen molar-refractivity contribution >= 4 is 41.5 Å². The minimum absolute atomic E-state index is 0. The molecule has 1 amide bonds. The molecule has 8 heteroatoms. The number of guanidine groups is 1. The van der Waals surface area contributed by atoms with Crippen LogP contribution in [0.15, 0.2) is 29.3 Å². The highest BCUT2D eigenvalue weighted by molar-refractivity contribution is 14.0. The highest BCUT2D eigenvalue weighted by atomic mass is 127. The Morgan fingerprint density at radius 2 is 1.64 bits per heavy atom. The van der Waals surface area contributed by atoms with Gasteiger partial charge in [0.05, 0.1) is 19.8 Å². The van der Waals surface area contributed by atoms with E-state index in [2.05, 4.69) is 27.9 Å². The molecule has 0 bridgehead atoms. The van der Waals surface area contributed by atoms with Crippen LogP contribution >= 0.6 is 24.0 Å². The van der Waals surface area contributed by atoms with E-state index >= 15 is 0 Å². The summed E-state index contributed by atoms with van der Waals surface area (Å²) < 4.78 is 11.0. The third-order valence-corrected chi connectivity index (χ3v) is 3.76. The number of unbranched alkanes of at least 4 members (excludes halogenated alkanes) is 1. The van der Waals surface area contributed by atoms with E-state index in [0.29, 0.717) is 26.4 Å². The predicted octanol–water partition coefficient (Wildman–Crippen LogP) is 2.80. The molecule has 0 radical (unpaired) electrons. The second-order valence-corrected chi connectivity index (χ2v) is 6.13. The van der Waals surface area contributed by atoms with Crippen molar-refractivity contribution in [2.45, 2.75) is 33.1 Å². The summed E-state index contributed by atoms with van der Waals surface area (Å²) in [4.78, 5) is 15.2. The van der Waals surface area contributed by atoms with E-state index in [9.17, 15) is 4.79 Å². The number of hydrogen-bond donors (Lipinski definition) is 3. The lowest BCUT2D eigenvalue weighted by atomic mass is 10.1. The SMILES string of the molecule is CCCCOCCOCCNC(=NC)NCCc1ccc(NC(C)=O)cc1.I. The zero-order valence-corrected chi connectivity index (χ0v) is 19.6. The van der Waals surface area contributed by atoms with Crippen molar-refractivity contribution in [1.29, 1.82) is 0 Å². The molecule has 0 spiro atoms. The van der Waals surface area contributed by atoms with Crippen LogP contribution in [0.3, 0.4) is 0 Å². The average Bonchev–Trinajstić information content (AvgIpc) is 2.66. The number of amides is 1. The van der Waals surface area contributed by atoms with Gasteiger partial charge < -0.3 is 25.4 Å². The van der Waals surface area contributed by atoms with Gasteiger partial charge in [0.25, 0.3) is 0 Å². The second kappa shape index (κ2) is 17.7. The maximum atomic E-state index is 11.0. The molecule has 1 rings (SSSR count). The Morgan fingerprint density at radius 3 is 2.25 bits per heavy atom. The third kappa shape index (κ3) is 13.7. The largest absolute Gasteiger partial charge is 0.379 e. The number of anilines is 1. The smallest absolute Gasteiger partial charge is 0.221 e. The predicted molar refractivity (Wildman–Crippen MR) is 126 cm³/mol. The van der Waals surface area contributed by atoms with Crippen LogP contribution < -0.4 is 16.0 Å². The quantitative estimate of drug-likeness (QED) is 0.166. The number of hydrogen-bond acceptors (Lipinski definition) is 4. The molecule has 0 heterocycles. The highest BCUT2D eigenvalue weighted by Gasteiger charge is 1.99. The van der Waals surface area contributed by atoms with Crippen LogP contribution in [-0.4, -0.2) is 58.4 Å². The van der Waals surface area contributed by atoms with Crippen LogP contribution in [0.1, 0.15) is 32.3 Å². The molecule has 0 aromatic heterocycles. The van der Waals surface area contributed by atoms with Gasteiger partial charge in [-0.2, -0.15) is 0 Å². The first-order valence-electron chi connectivity index (χ1n) is 9.62. The summed E-state index contributed by atoms with van der Waals surface area (Å²) in [5, 5.41) is 9.26. The number of nitrogens with one attached hydrogen (secondary N) is 3. The van der Waals surface area contributed by atoms with Crippen LogP contribution in [-0.2, 0) is 20.7 Å². The van der Waals surface area contributed by atoms with E-state index in [-0.39, 0.29) is 29.9 Å². The molecule has 1 aromatic rings. The van der Waals surface area contributed by atoms with E-state index in [0.717, 1.165) is 44.1 Å². The number of benzene rings is 1. The monoisotopic (exact) mass is 506 g/mol. The molecule has 0 unspecified atom stereocenters. The van der Waals surface area contributed by atoms with E-state index in [4.69, 9.17) is 9.47 Å². The van der Waals surface area contributed by atoms with Crippen molar-refractivity contribution in [2.75, 3.05) is 51.9 Å². The van der Waals surface area contributed by atoms with Crippen LogP contribution in [0, 0.1) is 0 Å². The van der Waals surface area contributed by atoms with Crippen molar-refractivity contribution in [3.05, 3.63) is 29.8 Å². The normalized spacial score (nSPS) is 10.9. The topological polar surface area (TPSA) is 84.0 Å². The summed E-state index contributed by atoms with van der Waals surface area (Å²) in [5.41, 5.74) is 2.01. The van der Waals surface area contributed by atoms with Crippen molar-refractivity contribution in [2.24, 2.45) is 4.99 Å². The minimum atomic E-state index is -0.0627. The lowest BCUT2D eigenvalue weighted by molar-refractivity contribution is -0.114. The standard InChI is InChI=1S/C20H34N4O3.HI/c1-4-5-13-26-15-16-27-14-12-23-20(21-3)22-11-10-18-6-8-19(9-7-18)24-17(2)25;/h6-9H,4-5,10-16H2,1-3H3,(H,24,25)(H2,21,22,23);1H. The Kier molecular flexibility index (Phi) is 16.8. The summed E-state index contributed by atoms with van der Waals surface area (Å²) in [6.45, 7) is 7.80. The number of carbonyl (C=O) groups is 1. The minimum Gasteiger partial charge on any atom is -0.379 e. The zero-order chi connectivity index (χ0) is 19.7. The third-order valence-electron chi connectivity index (χ3n) is 3.76. The fraction of sp³-hybridized carbons (Fsp3) is 0.600. The first kappa shape index (κ1) is 26.6. The van der Waals surface area contributed by atoms with Crippen LogP contribution in [0.2, 0.25) is 0 Å². The lowest BCUT2D eigenvalue weighted by Gasteiger charge is -2.12. The maximum Gasteiger partial charge on any atom is 0.221 e. The van der Waals surface area contributed by atoms with Gasteiger partial charge in [0, 0.05) is 39.4 Å². The van der Waals surface area contributed by atoms with Gasteiger partial charge in [-0.3, -0.25) is 9.79 Å². The van der Waals surface area contributed by atoms with Crippen LogP contribution in [0.5, 0.6) is 0 Å². The van der Waals surface area contributed by atoms with E-state index in [1.807, 2.05) is 24.3 Å². The average molecular weight is 506 g/mol. The van der Waals surface area contributed by atoms with Crippen LogP contribution in [0.4, 0.5) is 5.69 Å². The summed E-state index contributed by atoms with van der Waals surface area (Å²) in [7, 11) is 1.75. The first-order valence-corrected chi connectivity index (χ1v) is 9.62. The maximum absolute atomic E-state index is 11.0. The summed E-state index contributed by atoms with van der Waals surface area (Å²) in [6.07, 6.45) is 3.12. The van der Waals surface area contributed by atoms with Gasteiger partial charge in [0.2, 0.25) is 5.91 Å². The van der Waals surface area contributed by atoms with Gasteiger partial charge >= 0.3 is 0 Å². The number of ether oxygens (including phenoxy) is 2. The Labute approximate surface area is 186 Å². The molecule has 0 fully saturated rings. The first-order chi connectivity index (χ1) is 13.2. The van der Waals surface area contributed by atoms with Gasteiger partial charge in [-0.05, 0) is 30.5 Å². The molecule has 0 saturated heterocycles. The molecule has 0 aliphatic rings. The van der Waals surface area contributed by atoms with Crippen LogP contribution in [0.25, 0.3) is 0 Å². The molecular formula is C20H35IN4O3. The Bertz CT molecular complexity index is 553. The van der Waals surface area contributed by atoms with E-state index in [1.54, 1.807) is 7.05 Å². The Balaban J connectivity index is 0.00000729. The number of rotatable bonds is 13. The van der Waals surface area contributed by atoms with Gasteiger partial charge in [-0.1, -0.05) is 25.5 Å². The van der Waals surface area contributed by atoms with E-state index in [1.165, 1.54) is 12.5 Å². The van der Waals surface area contributed by atoms with Crippen molar-refractivity contribution < 1.29 is 14.3 Å². The molecule has 28 heavy (non-hydrogen) atoms. The molecule has 0 atom stereocenters. The summed E-state index contributed by atoms with van der Waals surface area (Å²) in [6, 6.07) is 7.85. The van der Waals surface area contributed by atoms with Gasteiger partial charge in [0.1, 0.15) is 0 Å². The summed E-state index contributed by atoms with van der Waals surface area (Å²) >= 11 is 0. The molecule has 0 aliphatic carbocycles. The highest BCUT2D eigenvalue weighted by Crippen LogP contribution is 2.09. The molecule has 0 aliphatic heterocycles. The number of halogens is 1. The molecule has 1 aromatic carbocycles. The zero-order valence-electron chi connectivity index (χ0n) is 17.3.